The van der Waals surface area contributed by atoms with E-state index in [0.29, 0.717) is 43.9 Å². The van der Waals surface area contributed by atoms with E-state index in [0.717, 1.165) is 17.8 Å². The minimum Gasteiger partial charge on any atom is -0.366 e. The van der Waals surface area contributed by atoms with Crippen LogP contribution in [-0.2, 0) is 11.3 Å². The lowest BCUT2D eigenvalue weighted by Crippen LogP contribution is -2.56. The normalized spacial score (nSPS) is 29.1. The molecular weight excluding hydrogens is 483 g/mol. The summed E-state index contributed by atoms with van der Waals surface area (Å²) in [5.41, 5.74) is 0.840. The first kappa shape index (κ1) is 25.4. The van der Waals surface area contributed by atoms with E-state index in [-0.39, 0.29) is 34.2 Å². The van der Waals surface area contributed by atoms with Gasteiger partial charge in [0.05, 0.1) is 11.2 Å². The summed E-state index contributed by atoms with van der Waals surface area (Å²) in [6.07, 6.45) is 9.18. The number of nitrogens with one attached hydrogen (secondary N) is 1. The number of pyridine rings is 1. The van der Waals surface area contributed by atoms with Gasteiger partial charge in [0.15, 0.2) is 0 Å². The van der Waals surface area contributed by atoms with Crippen LogP contribution in [-0.4, -0.2) is 53.5 Å². The molecule has 7 rings (SSSR count). The lowest BCUT2D eigenvalue weighted by Gasteiger charge is -2.59. The number of aromatic nitrogens is 1. The number of carbonyl (C=O) groups excluding carboxylic acids is 2. The smallest absolute Gasteiger partial charge is 0.256 e. The van der Waals surface area contributed by atoms with Crippen molar-refractivity contribution in [2.24, 2.45) is 23.2 Å². The molecule has 1 unspecified atom stereocenters. The van der Waals surface area contributed by atoms with Gasteiger partial charge in [-0.1, -0.05) is 0 Å². The highest BCUT2D eigenvalue weighted by Gasteiger charge is 2.53. The van der Waals surface area contributed by atoms with Crippen LogP contribution in [0.3, 0.4) is 0 Å². The number of piperazine rings is 1. The van der Waals surface area contributed by atoms with Gasteiger partial charge in [-0.2, -0.15) is 0 Å². The largest absolute Gasteiger partial charge is 0.366 e. The van der Waals surface area contributed by atoms with Gasteiger partial charge in [0.2, 0.25) is 11.3 Å². The molecule has 1 aromatic heterocycles. The Bertz CT molecular complexity index is 1310. The lowest BCUT2D eigenvalue weighted by molar-refractivity contribution is -0.129. The highest BCUT2D eigenvalue weighted by Crippen LogP contribution is 2.61. The first-order valence-corrected chi connectivity index (χ1v) is 14.4. The molecule has 8 heteroatoms. The monoisotopic (exact) mass is 522 g/mol. The SMILES string of the molecule is CCn1cc(C(=O)NC(C)C23CC4CC(CC(C4)C2)C3)c(=O)c2cc(F)c(N3CCN(C(C)=O)CC3)cc21. The Kier molecular flexibility index (Phi) is 6.27. The van der Waals surface area contributed by atoms with Gasteiger partial charge in [-0.3, -0.25) is 14.4 Å². The van der Waals surface area contributed by atoms with E-state index >= 15 is 4.39 Å². The van der Waals surface area contributed by atoms with Crippen molar-refractivity contribution in [2.45, 2.75) is 71.9 Å². The van der Waals surface area contributed by atoms with Crippen LogP contribution in [0.5, 0.6) is 0 Å². The molecule has 204 valence electrons. The number of hydrogen-bond acceptors (Lipinski definition) is 4. The number of amides is 2. The maximum atomic E-state index is 15.4. The zero-order valence-corrected chi connectivity index (χ0v) is 22.8. The molecule has 38 heavy (non-hydrogen) atoms. The van der Waals surface area contributed by atoms with Crippen molar-refractivity contribution >= 4 is 28.4 Å². The molecule has 4 saturated carbocycles. The summed E-state index contributed by atoms with van der Waals surface area (Å²) in [5, 5.41) is 3.44. The standard InChI is InChI=1S/C30H39FN4O3/c1-4-33-17-24(29(38)32-18(2)30-14-20-9-21(15-30)11-22(10-20)16-30)28(37)23-12-25(31)27(13-26(23)33)35-7-5-34(6-8-35)19(3)36/h12-13,17-18,20-22H,4-11,14-16H2,1-3H3,(H,32,38). The van der Waals surface area contributed by atoms with E-state index < -0.39 is 11.2 Å². The van der Waals surface area contributed by atoms with E-state index in [4.69, 9.17) is 0 Å². The zero-order chi connectivity index (χ0) is 26.8. The molecule has 7 nitrogen and oxygen atoms in total. The van der Waals surface area contributed by atoms with E-state index in [1.165, 1.54) is 44.6 Å². The van der Waals surface area contributed by atoms with Gasteiger partial charge in [0, 0.05) is 57.3 Å². The fraction of sp³-hybridized carbons (Fsp3) is 0.633. The van der Waals surface area contributed by atoms with Gasteiger partial charge in [-0.15, -0.1) is 0 Å². The number of nitrogens with zero attached hydrogens (tertiary/aromatic N) is 3. The molecule has 1 saturated heterocycles. The molecule has 2 aromatic rings. The van der Waals surface area contributed by atoms with Crippen LogP contribution in [0, 0.1) is 29.0 Å². The molecule has 5 aliphatic rings. The Labute approximate surface area is 223 Å². The second kappa shape index (κ2) is 9.38. The molecule has 1 atom stereocenters. The summed E-state index contributed by atoms with van der Waals surface area (Å²) in [6.45, 7) is 8.29. The van der Waals surface area contributed by atoms with Crippen molar-refractivity contribution in [3.63, 3.8) is 0 Å². The first-order valence-electron chi connectivity index (χ1n) is 14.4. The van der Waals surface area contributed by atoms with E-state index in [1.54, 1.807) is 24.1 Å². The third kappa shape index (κ3) is 4.20. The minimum atomic E-state index is -0.479. The van der Waals surface area contributed by atoms with Crippen molar-refractivity contribution in [2.75, 3.05) is 31.1 Å². The Morgan fingerprint density at radius 2 is 1.66 bits per heavy atom. The number of benzene rings is 1. The number of hydrogen-bond donors (Lipinski definition) is 1. The molecular formula is C30H39FN4O3. The molecule has 2 heterocycles. The summed E-state index contributed by atoms with van der Waals surface area (Å²) < 4.78 is 17.2. The second-order valence-electron chi connectivity index (χ2n) is 12.4. The van der Waals surface area contributed by atoms with Crippen LogP contribution < -0.4 is 15.6 Å². The number of rotatable bonds is 5. The van der Waals surface area contributed by atoms with Crippen LogP contribution in [0.25, 0.3) is 10.9 Å². The van der Waals surface area contributed by atoms with Gasteiger partial charge in [0.1, 0.15) is 11.4 Å². The third-order valence-electron chi connectivity index (χ3n) is 10.2. The average molecular weight is 523 g/mol. The summed E-state index contributed by atoms with van der Waals surface area (Å²) in [5.74, 6) is 1.52. The average Bonchev–Trinajstić information content (AvgIpc) is 2.88. The van der Waals surface area contributed by atoms with Gasteiger partial charge >= 0.3 is 0 Å². The number of fused-ring (bicyclic) bond motifs is 1. The molecule has 1 aliphatic heterocycles. The number of carbonyl (C=O) groups is 2. The lowest BCUT2D eigenvalue weighted by atomic mass is 9.48. The molecule has 5 fully saturated rings. The Hall–Kier alpha value is -2.90. The topological polar surface area (TPSA) is 74.7 Å². The molecule has 1 N–H and O–H groups in total. The molecule has 0 spiro atoms. The molecule has 4 aliphatic carbocycles. The number of halogens is 1. The predicted molar refractivity (Wildman–Crippen MR) is 146 cm³/mol. The molecule has 2 amide bonds. The number of anilines is 1. The van der Waals surface area contributed by atoms with Crippen molar-refractivity contribution in [3.8, 4) is 0 Å². The van der Waals surface area contributed by atoms with E-state index in [1.807, 2.05) is 16.4 Å². The van der Waals surface area contributed by atoms with Crippen molar-refractivity contribution in [1.82, 2.24) is 14.8 Å². The first-order chi connectivity index (χ1) is 18.2. The van der Waals surface area contributed by atoms with E-state index in [9.17, 15) is 14.4 Å². The van der Waals surface area contributed by atoms with Crippen LogP contribution in [0.2, 0.25) is 0 Å². The molecule has 1 aromatic carbocycles. The number of aryl methyl sites for hydroxylation is 1. The van der Waals surface area contributed by atoms with Crippen LogP contribution >= 0.6 is 0 Å². The minimum absolute atomic E-state index is 0.00125. The highest BCUT2D eigenvalue weighted by molar-refractivity contribution is 5.98. The quantitative estimate of drug-likeness (QED) is 0.640. The van der Waals surface area contributed by atoms with Gasteiger partial charge in [0.25, 0.3) is 5.91 Å². The third-order valence-corrected chi connectivity index (χ3v) is 10.2. The van der Waals surface area contributed by atoms with Crippen molar-refractivity contribution < 1.29 is 14.0 Å². The van der Waals surface area contributed by atoms with Crippen molar-refractivity contribution in [3.05, 3.63) is 39.9 Å². The van der Waals surface area contributed by atoms with Gasteiger partial charge in [-0.25, -0.2) is 4.39 Å². The molecule has 0 radical (unpaired) electrons. The second-order valence-corrected chi connectivity index (χ2v) is 12.4. The van der Waals surface area contributed by atoms with Crippen LogP contribution in [0.4, 0.5) is 10.1 Å². The maximum absolute atomic E-state index is 15.4. The van der Waals surface area contributed by atoms with Crippen LogP contribution in [0.15, 0.2) is 23.1 Å². The Morgan fingerprint density at radius 3 is 2.21 bits per heavy atom. The van der Waals surface area contributed by atoms with Gasteiger partial charge < -0.3 is 19.7 Å². The van der Waals surface area contributed by atoms with Crippen molar-refractivity contribution in [1.29, 1.82) is 0 Å². The summed E-state index contributed by atoms with van der Waals surface area (Å²) in [6, 6.07) is 3.01. The Balaban J connectivity index is 1.28. The summed E-state index contributed by atoms with van der Waals surface area (Å²) in [4.78, 5) is 42.4. The predicted octanol–water partition coefficient (Wildman–Crippen LogP) is 4.16. The maximum Gasteiger partial charge on any atom is 0.256 e. The summed E-state index contributed by atoms with van der Waals surface area (Å²) in [7, 11) is 0. The van der Waals surface area contributed by atoms with Crippen LogP contribution in [0.1, 0.15) is 69.7 Å². The Morgan fingerprint density at radius 1 is 1.05 bits per heavy atom. The van der Waals surface area contributed by atoms with E-state index in [2.05, 4.69) is 12.2 Å². The van der Waals surface area contributed by atoms with Gasteiger partial charge in [-0.05, 0) is 87.7 Å². The fourth-order valence-corrected chi connectivity index (χ4v) is 8.46. The zero-order valence-electron chi connectivity index (χ0n) is 22.8. The fourth-order valence-electron chi connectivity index (χ4n) is 8.46. The molecule has 4 bridgehead atoms. The summed E-state index contributed by atoms with van der Waals surface area (Å²) >= 11 is 0. The highest BCUT2D eigenvalue weighted by atomic mass is 19.1.